The lowest BCUT2D eigenvalue weighted by molar-refractivity contribution is 0.103. The summed E-state index contributed by atoms with van der Waals surface area (Å²) in [5, 5.41) is 0.488. The van der Waals surface area contributed by atoms with Gasteiger partial charge in [-0.15, -0.1) is 0 Å². The van der Waals surface area contributed by atoms with Crippen LogP contribution in [0.4, 0.5) is 4.39 Å². The lowest BCUT2D eigenvalue weighted by Gasteiger charge is -2.13. The van der Waals surface area contributed by atoms with Crippen molar-refractivity contribution in [1.82, 2.24) is 4.57 Å². The Bertz CT molecular complexity index is 1220. The van der Waals surface area contributed by atoms with Crippen LogP contribution in [0, 0.1) is 12.7 Å². The molecule has 0 fully saturated rings. The molecule has 0 spiro atoms. The summed E-state index contributed by atoms with van der Waals surface area (Å²) in [7, 11) is 0. The van der Waals surface area contributed by atoms with Crippen molar-refractivity contribution in [2.75, 3.05) is 0 Å². The zero-order chi connectivity index (χ0) is 19.7. The molecule has 1 heterocycles. The van der Waals surface area contributed by atoms with Crippen molar-refractivity contribution in [3.05, 3.63) is 117 Å². The van der Waals surface area contributed by atoms with Crippen LogP contribution in [-0.4, -0.2) is 10.4 Å². The molecule has 1 aromatic heterocycles. The number of aryl methyl sites for hydroxylation is 1. The van der Waals surface area contributed by atoms with Crippen LogP contribution in [0.25, 0.3) is 10.9 Å². The normalized spacial score (nSPS) is 10.9. The summed E-state index contributed by atoms with van der Waals surface area (Å²) in [6, 6.07) is 20.6. The number of carbonyl (C=O) groups is 1. The molecule has 0 aliphatic heterocycles. The van der Waals surface area contributed by atoms with Crippen LogP contribution in [0.15, 0.2) is 83.8 Å². The van der Waals surface area contributed by atoms with Crippen molar-refractivity contribution >= 4 is 16.7 Å². The molecule has 3 nitrogen and oxygen atoms in total. The third-order valence-corrected chi connectivity index (χ3v) is 4.81. The Hall–Kier alpha value is -3.53. The van der Waals surface area contributed by atoms with Crippen LogP contribution >= 0.6 is 0 Å². The van der Waals surface area contributed by atoms with Gasteiger partial charge in [0.2, 0.25) is 5.43 Å². The van der Waals surface area contributed by atoms with Crippen molar-refractivity contribution in [2.24, 2.45) is 0 Å². The van der Waals surface area contributed by atoms with E-state index in [-0.39, 0.29) is 22.6 Å². The molecule has 0 N–H and O–H groups in total. The Balaban J connectivity index is 1.86. The van der Waals surface area contributed by atoms with Gasteiger partial charge < -0.3 is 4.57 Å². The lowest BCUT2D eigenvalue weighted by atomic mass is 10.0. The van der Waals surface area contributed by atoms with Crippen molar-refractivity contribution < 1.29 is 9.18 Å². The summed E-state index contributed by atoms with van der Waals surface area (Å²) in [4.78, 5) is 26.0. The number of hydrogen-bond donors (Lipinski definition) is 0. The summed E-state index contributed by atoms with van der Waals surface area (Å²) in [6.07, 6.45) is 1.61. The van der Waals surface area contributed by atoms with Crippen LogP contribution in [0.3, 0.4) is 0 Å². The molecule has 0 unspecified atom stereocenters. The van der Waals surface area contributed by atoms with Crippen LogP contribution in [0.1, 0.15) is 27.0 Å². The highest BCUT2D eigenvalue weighted by Gasteiger charge is 2.17. The molecule has 138 valence electrons. The van der Waals surface area contributed by atoms with Gasteiger partial charge in [0, 0.05) is 23.7 Å². The van der Waals surface area contributed by atoms with Gasteiger partial charge in [0.1, 0.15) is 5.82 Å². The molecule has 0 atom stereocenters. The van der Waals surface area contributed by atoms with E-state index in [1.165, 1.54) is 12.1 Å². The number of rotatable bonds is 4. The number of carbonyl (C=O) groups excluding carboxylic acids is 1. The van der Waals surface area contributed by atoms with Gasteiger partial charge in [-0.3, -0.25) is 9.59 Å². The number of pyridine rings is 1. The molecule has 3 aromatic carbocycles. The number of fused-ring (bicyclic) bond motifs is 1. The monoisotopic (exact) mass is 371 g/mol. The second-order valence-electron chi connectivity index (χ2n) is 6.84. The average molecular weight is 371 g/mol. The standard InChI is InChI=1S/C24H18FNO2/c1-16-6-10-18(11-7-16)23(27)21-15-26(14-17-8-12-19(25)13-9-17)22-5-3-2-4-20(22)24(21)28/h2-13,15H,14H2,1H3. The minimum atomic E-state index is -0.302. The van der Waals surface area contributed by atoms with Gasteiger partial charge in [-0.1, -0.05) is 54.1 Å². The Morgan fingerprint density at radius 1 is 0.929 bits per heavy atom. The molecule has 0 amide bonds. The van der Waals surface area contributed by atoms with E-state index in [2.05, 4.69) is 0 Å². The maximum Gasteiger partial charge on any atom is 0.200 e. The Morgan fingerprint density at radius 2 is 1.61 bits per heavy atom. The van der Waals surface area contributed by atoms with E-state index in [4.69, 9.17) is 0 Å². The third kappa shape index (κ3) is 3.37. The van der Waals surface area contributed by atoms with Crippen molar-refractivity contribution in [2.45, 2.75) is 13.5 Å². The second-order valence-corrected chi connectivity index (χ2v) is 6.84. The molecule has 4 heteroatoms. The van der Waals surface area contributed by atoms with Crippen LogP contribution in [-0.2, 0) is 6.54 Å². The number of hydrogen-bond acceptors (Lipinski definition) is 2. The Morgan fingerprint density at radius 3 is 2.32 bits per heavy atom. The fourth-order valence-corrected chi connectivity index (χ4v) is 3.28. The number of halogens is 1. The van der Waals surface area contributed by atoms with Gasteiger partial charge >= 0.3 is 0 Å². The van der Waals surface area contributed by atoms with Gasteiger partial charge in [0.25, 0.3) is 0 Å². The molecule has 0 aliphatic carbocycles. The van der Waals surface area contributed by atoms with Gasteiger partial charge in [0.05, 0.1) is 11.1 Å². The predicted octanol–water partition coefficient (Wildman–Crippen LogP) is 4.73. The summed E-state index contributed by atoms with van der Waals surface area (Å²) >= 11 is 0. The molecule has 28 heavy (non-hydrogen) atoms. The molecule has 4 rings (SSSR count). The van der Waals surface area contributed by atoms with Crippen LogP contribution < -0.4 is 5.43 Å². The van der Waals surface area contributed by atoms with Crippen LogP contribution in [0.5, 0.6) is 0 Å². The zero-order valence-corrected chi connectivity index (χ0v) is 15.4. The predicted molar refractivity (Wildman–Crippen MR) is 108 cm³/mol. The number of aromatic nitrogens is 1. The van der Waals surface area contributed by atoms with E-state index in [1.54, 1.807) is 42.6 Å². The molecule has 0 saturated heterocycles. The van der Waals surface area contributed by atoms with Gasteiger partial charge in [-0.25, -0.2) is 4.39 Å². The number of ketones is 1. The average Bonchev–Trinajstić information content (AvgIpc) is 2.72. The van der Waals surface area contributed by atoms with E-state index in [0.29, 0.717) is 17.5 Å². The fourth-order valence-electron chi connectivity index (χ4n) is 3.28. The second kappa shape index (κ2) is 7.24. The minimum Gasteiger partial charge on any atom is -0.342 e. The van der Waals surface area contributed by atoms with Crippen molar-refractivity contribution in [3.8, 4) is 0 Å². The maximum atomic E-state index is 13.2. The van der Waals surface area contributed by atoms with Gasteiger partial charge in [-0.2, -0.15) is 0 Å². The zero-order valence-electron chi connectivity index (χ0n) is 15.4. The SMILES string of the molecule is Cc1ccc(C(=O)c2cn(Cc3ccc(F)cc3)c3ccccc3c2=O)cc1. The first-order valence-electron chi connectivity index (χ1n) is 9.01. The third-order valence-electron chi connectivity index (χ3n) is 4.81. The van der Waals surface area contributed by atoms with Crippen molar-refractivity contribution in [3.63, 3.8) is 0 Å². The topological polar surface area (TPSA) is 39.1 Å². The van der Waals surface area contributed by atoms with Gasteiger partial charge in [0.15, 0.2) is 5.78 Å². The maximum absolute atomic E-state index is 13.2. The number of benzene rings is 3. The lowest BCUT2D eigenvalue weighted by Crippen LogP contribution is -2.20. The molecule has 0 radical (unpaired) electrons. The number of nitrogens with zero attached hydrogens (tertiary/aromatic N) is 1. The largest absolute Gasteiger partial charge is 0.342 e. The first-order valence-corrected chi connectivity index (χ1v) is 9.01. The highest BCUT2D eigenvalue weighted by Crippen LogP contribution is 2.17. The minimum absolute atomic E-state index is 0.129. The molecule has 0 saturated carbocycles. The Kier molecular flexibility index (Phi) is 4.62. The summed E-state index contributed by atoms with van der Waals surface area (Å²) in [5.74, 6) is -0.604. The molecule has 4 aromatic rings. The molecular weight excluding hydrogens is 353 g/mol. The fraction of sp³-hybridized carbons (Fsp3) is 0.0833. The highest BCUT2D eigenvalue weighted by atomic mass is 19.1. The molecule has 0 bridgehead atoms. The van der Waals surface area contributed by atoms with E-state index in [9.17, 15) is 14.0 Å². The highest BCUT2D eigenvalue weighted by molar-refractivity contribution is 6.10. The van der Waals surface area contributed by atoms with E-state index in [0.717, 1.165) is 16.6 Å². The summed E-state index contributed by atoms with van der Waals surface area (Å²) in [5.41, 5.74) is 2.98. The van der Waals surface area contributed by atoms with E-state index >= 15 is 0 Å². The number of para-hydroxylation sites is 1. The van der Waals surface area contributed by atoms with Crippen LogP contribution in [0.2, 0.25) is 0 Å². The quantitative estimate of drug-likeness (QED) is 0.487. The molecular formula is C24H18FNO2. The van der Waals surface area contributed by atoms with E-state index in [1.807, 2.05) is 35.8 Å². The van der Waals surface area contributed by atoms with Gasteiger partial charge in [-0.05, 0) is 36.8 Å². The van der Waals surface area contributed by atoms with E-state index < -0.39 is 0 Å². The smallest absolute Gasteiger partial charge is 0.200 e. The Labute approximate surface area is 161 Å². The summed E-state index contributed by atoms with van der Waals surface area (Å²) < 4.78 is 15.1. The van der Waals surface area contributed by atoms with Crippen molar-refractivity contribution in [1.29, 1.82) is 0 Å². The summed E-state index contributed by atoms with van der Waals surface area (Å²) in [6.45, 7) is 2.37. The first-order chi connectivity index (χ1) is 13.5. The first kappa shape index (κ1) is 17.9. The molecule has 0 aliphatic rings.